The summed E-state index contributed by atoms with van der Waals surface area (Å²) < 4.78 is 0. The molecule has 2 heterocycles. The van der Waals surface area contributed by atoms with Gasteiger partial charge in [0.2, 0.25) is 5.91 Å². The minimum Gasteiger partial charge on any atom is -0.371 e. The largest absolute Gasteiger partial charge is 0.371 e. The normalized spacial score (nSPS) is 24.8. The molecule has 2 aliphatic heterocycles. The van der Waals surface area contributed by atoms with Crippen molar-refractivity contribution in [3.63, 3.8) is 0 Å². The zero-order chi connectivity index (χ0) is 18.1. The second-order valence-electron chi connectivity index (χ2n) is 8.13. The van der Waals surface area contributed by atoms with Crippen LogP contribution in [-0.4, -0.2) is 36.0 Å². The van der Waals surface area contributed by atoms with E-state index in [1.807, 2.05) is 0 Å². The summed E-state index contributed by atoms with van der Waals surface area (Å²) in [7, 11) is 0. The first-order valence-corrected chi connectivity index (χ1v) is 10.2. The fourth-order valence-electron chi connectivity index (χ4n) is 4.92. The van der Waals surface area contributed by atoms with Crippen LogP contribution in [0.1, 0.15) is 46.0 Å². The van der Waals surface area contributed by atoms with Crippen LogP contribution in [0.3, 0.4) is 0 Å². The van der Waals surface area contributed by atoms with Crippen molar-refractivity contribution in [1.82, 2.24) is 4.90 Å². The van der Waals surface area contributed by atoms with Gasteiger partial charge in [-0.1, -0.05) is 36.4 Å². The molecule has 3 heteroatoms. The van der Waals surface area contributed by atoms with Gasteiger partial charge in [0.1, 0.15) is 0 Å². The summed E-state index contributed by atoms with van der Waals surface area (Å²) >= 11 is 0. The Morgan fingerprint density at radius 2 is 1.54 bits per heavy atom. The number of amides is 1. The second-order valence-corrected chi connectivity index (χ2v) is 8.13. The van der Waals surface area contributed by atoms with Crippen LogP contribution in [0.2, 0.25) is 0 Å². The van der Waals surface area contributed by atoms with Crippen molar-refractivity contribution >= 4 is 22.4 Å². The highest BCUT2D eigenvalue weighted by molar-refractivity contribution is 5.94. The summed E-state index contributed by atoms with van der Waals surface area (Å²) in [6.45, 7) is 6.39. The number of piperidine rings is 2. The molecule has 2 saturated heterocycles. The molecule has 26 heavy (non-hydrogen) atoms. The Morgan fingerprint density at radius 3 is 2.27 bits per heavy atom. The van der Waals surface area contributed by atoms with Gasteiger partial charge in [0, 0.05) is 42.2 Å². The van der Waals surface area contributed by atoms with Gasteiger partial charge >= 0.3 is 0 Å². The zero-order valence-corrected chi connectivity index (χ0v) is 16.0. The number of likely N-dealkylation sites (tertiary alicyclic amines) is 1. The molecular formula is C23H30N2O. The minimum atomic E-state index is 0.198. The molecule has 0 N–H and O–H groups in total. The number of carbonyl (C=O) groups is 1. The van der Waals surface area contributed by atoms with E-state index < -0.39 is 0 Å². The summed E-state index contributed by atoms with van der Waals surface area (Å²) in [5.41, 5.74) is 1.31. The van der Waals surface area contributed by atoms with E-state index in [-0.39, 0.29) is 5.92 Å². The number of nitrogens with zero attached hydrogens (tertiary/aromatic N) is 2. The van der Waals surface area contributed by atoms with Gasteiger partial charge in [-0.3, -0.25) is 4.79 Å². The fourth-order valence-corrected chi connectivity index (χ4v) is 4.92. The van der Waals surface area contributed by atoms with E-state index in [1.54, 1.807) is 0 Å². The van der Waals surface area contributed by atoms with E-state index in [9.17, 15) is 4.79 Å². The maximum Gasteiger partial charge on any atom is 0.226 e. The molecule has 2 aromatic rings. The average molecular weight is 351 g/mol. The first-order valence-electron chi connectivity index (χ1n) is 10.2. The Hall–Kier alpha value is -2.03. The maximum absolute atomic E-state index is 13.1. The van der Waals surface area contributed by atoms with Gasteiger partial charge in [0.15, 0.2) is 0 Å². The lowest BCUT2D eigenvalue weighted by molar-refractivity contribution is -0.142. The summed E-state index contributed by atoms with van der Waals surface area (Å²) in [5, 5.41) is 2.61. The van der Waals surface area contributed by atoms with E-state index in [0.717, 1.165) is 38.8 Å². The molecule has 138 valence electrons. The number of hydrogen-bond acceptors (Lipinski definition) is 2. The van der Waals surface area contributed by atoms with Crippen molar-refractivity contribution in [3.8, 4) is 0 Å². The molecule has 2 fully saturated rings. The van der Waals surface area contributed by atoms with Gasteiger partial charge < -0.3 is 9.80 Å². The van der Waals surface area contributed by atoms with Crippen LogP contribution < -0.4 is 4.90 Å². The van der Waals surface area contributed by atoms with Crippen molar-refractivity contribution in [2.24, 2.45) is 5.92 Å². The monoisotopic (exact) mass is 350 g/mol. The van der Waals surface area contributed by atoms with E-state index in [4.69, 9.17) is 0 Å². The highest BCUT2D eigenvalue weighted by Gasteiger charge is 2.35. The zero-order valence-electron chi connectivity index (χ0n) is 16.0. The standard InChI is InChI=1S/C23H30N2O/c1-17-7-5-8-18(2)25(17)23(26)20-13-15-24(16-14-20)22-12-6-10-19-9-3-4-11-21(19)22/h3-4,6,9-12,17-18,20H,5,7-8,13-16H2,1-2H3. The predicted molar refractivity (Wildman–Crippen MR) is 109 cm³/mol. The lowest BCUT2D eigenvalue weighted by Crippen LogP contribution is -2.51. The molecule has 0 spiro atoms. The summed E-state index contributed by atoms with van der Waals surface area (Å²) in [4.78, 5) is 17.8. The summed E-state index contributed by atoms with van der Waals surface area (Å²) in [5.74, 6) is 0.603. The van der Waals surface area contributed by atoms with E-state index >= 15 is 0 Å². The molecule has 0 aromatic heterocycles. The van der Waals surface area contributed by atoms with Gasteiger partial charge in [0.05, 0.1) is 0 Å². The fraction of sp³-hybridized carbons (Fsp3) is 0.522. The molecule has 2 aromatic carbocycles. The van der Waals surface area contributed by atoms with E-state index in [0.29, 0.717) is 18.0 Å². The van der Waals surface area contributed by atoms with Gasteiger partial charge in [-0.05, 0) is 57.4 Å². The SMILES string of the molecule is CC1CCCC(C)N1C(=O)C1CCN(c2cccc3ccccc23)CC1. The molecule has 4 rings (SSSR count). The van der Waals surface area contributed by atoms with Gasteiger partial charge in [0.25, 0.3) is 0 Å². The third-order valence-corrected chi connectivity index (χ3v) is 6.40. The van der Waals surface area contributed by atoms with Crippen LogP contribution in [0.5, 0.6) is 0 Å². The quantitative estimate of drug-likeness (QED) is 0.773. The van der Waals surface area contributed by atoms with Crippen LogP contribution in [0.4, 0.5) is 5.69 Å². The van der Waals surface area contributed by atoms with Crippen molar-refractivity contribution < 1.29 is 4.79 Å². The topological polar surface area (TPSA) is 23.6 Å². The Kier molecular flexibility index (Phi) is 4.88. The first-order chi connectivity index (χ1) is 12.6. The second kappa shape index (κ2) is 7.30. The number of fused-ring (bicyclic) bond motifs is 1. The van der Waals surface area contributed by atoms with E-state index in [2.05, 4.69) is 66.1 Å². The summed E-state index contributed by atoms with van der Waals surface area (Å²) in [6.07, 6.45) is 5.51. The Bertz CT molecular complexity index is 763. The molecular weight excluding hydrogens is 320 g/mol. The van der Waals surface area contributed by atoms with Gasteiger partial charge in [-0.2, -0.15) is 0 Å². The highest BCUT2D eigenvalue weighted by Crippen LogP contribution is 2.32. The molecule has 0 radical (unpaired) electrons. The maximum atomic E-state index is 13.1. The van der Waals surface area contributed by atoms with Crippen molar-refractivity contribution in [1.29, 1.82) is 0 Å². The van der Waals surface area contributed by atoms with E-state index in [1.165, 1.54) is 22.9 Å². The predicted octanol–water partition coefficient (Wildman–Crippen LogP) is 4.85. The minimum absolute atomic E-state index is 0.198. The van der Waals surface area contributed by atoms with Crippen molar-refractivity contribution in [2.45, 2.75) is 58.0 Å². The number of anilines is 1. The van der Waals surface area contributed by atoms with Gasteiger partial charge in [-0.25, -0.2) is 0 Å². The number of rotatable bonds is 2. The van der Waals surface area contributed by atoms with Gasteiger partial charge in [-0.15, -0.1) is 0 Å². The summed E-state index contributed by atoms with van der Waals surface area (Å²) in [6, 6.07) is 15.9. The Labute approximate surface area is 157 Å². The Balaban J connectivity index is 1.46. The third kappa shape index (κ3) is 3.20. The number of benzene rings is 2. The molecule has 3 nitrogen and oxygen atoms in total. The van der Waals surface area contributed by atoms with Crippen LogP contribution in [0.25, 0.3) is 10.8 Å². The molecule has 0 aliphatic carbocycles. The molecule has 2 atom stereocenters. The lowest BCUT2D eigenvalue weighted by atomic mass is 9.90. The number of hydrogen-bond donors (Lipinski definition) is 0. The van der Waals surface area contributed by atoms with Crippen LogP contribution >= 0.6 is 0 Å². The molecule has 0 saturated carbocycles. The molecule has 0 bridgehead atoms. The third-order valence-electron chi connectivity index (χ3n) is 6.40. The smallest absolute Gasteiger partial charge is 0.226 e. The average Bonchev–Trinajstić information content (AvgIpc) is 2.67. The molecule has 2 aliphatic rings. The van der Waals surface area contributed by atoms with Crippen molar-refractivity contribution in [2.75, 3.05) is 18.0 Å². The van der Waals surface area contributed by atoms with Crippen molar-refractivity contribution in [3.05, 3.63) is 42.5 Å². The number of carbonyl (C=O) groups excluding carboxylic acids is 1. The van der Waals surface area contributed by atoms with Crippen LogP contribution in [0.15, 0.2) is 42.5 Å². The Morgan fingerprint density at radius 1 is 0.885 bits per heavy atom. The first kappa shape index (κ1) is 17.4. The lowest BCUT2D eigenvalue weighted by Gasteiger charge is -2.43. The van der Waals surface area contributed by atoms with Crippen LogP contribution in [0, 0.1) is 5.92 Å². The van der Waals surface area contributed by atoms with Crippen LogP contribution in [-0.2, 0) is 4.79 Å². The molecule has 1 amide bonds. The highest BCUT2D eigenvalue weighted by atomic mass is 16.2. The molecule has 2 unspecified atom stereocenters.